The molecule has 0 spiro atoms. The number of aromatic nitrogens is 2. The molecule has 10 heteroatoms. The molecule has 152 valence electrons. The van der Waals surface area contributed by atoms with Crippen molar-refractivity contribution in [2.45, 2.75) is 13.3 Å². The van der Waals surface area contributed by atoms with Crippen molar-refractivity contribution >= 4 is 34.7 Å². The number of halogens is 4. The van der Waals surface area contributed by atoms with Gasteiger partial charge < -0.3 is 20.1 Å². The van der Waals surface area contributed by atoms with Gasteiger partial charge in [-0.2, -0.15) is 4.98 Å². The van der Waals surface area contributed by atoms with E-state index in [1.165, 1.54) is 12.1 Å². The number of hydrogen-bond donors (Lipinski definition) is 2. The summed E-state index contributed by atoms with van der Waals surface area (Å²) in [6, 6.07) is 11.1. The van der Waals surface area contributed by atoms with Crippen molar-refractivity contribution in [3.05, 3.63) is 59.2 Å². The highest BCUT2D eigenvalue weighted by molar-refractivity contribution is 6.32. The highest BCUT2D eigenvalue weighted by Gasteiger charge is 2.32. The summed E-state index contributed by atoms with van der Waals surface area (Å²) in [5, 5.41) is 5.88. The Balaban J connectivity index is 1.78. The number of aryl methyl sites for hydroxylation is 1. The SMILES string of the molecule is COc1cccc(Nc2nc(Nc3ccc(OC(F)(F)F)c(Cl)c3)ncc2C)c1. The van der Waals surface area contributed by atoms with E-state index in [4.69, 9.17) is 16.3 Å². The first kappa shape index (κ1) is 20.5. The quantitative estimate of drug-likeness (QED) is 0.518. The fourth-order valence-corrected chi connectivity index (χ4v) is 2.60. The van der Waals surface area contributed by atoms with E-state index in [9.17, 15) is 13.2 Å². The van der Waals surface area contributed by atoms with Crippen molar-refractivity contribution in [2.75, 3.05) is 17.7 Å². The summed E-state index contributed by atoms with van der Waals surface area (Å²) in [7, 11) is 1.58. The molecule has 3 rings (SSSR count). The van der Waals surface area contributed by atoms with Gasteiger partial charge in [0.15, 0.2) is 0 Å². The van der Waals surface area contributed by atoms with Crippen LogP contribution in [0.2, 0.25) is 5.02 Å². The van der Waals surface area contributed by atoms with Crippen LogP contribution in [0, 0.1) is 6.92 Å². The summed E-state index contributed by atoms with van der Waals surface area (Å²) < 4.78 is 46.1. The summed E-state index contributed by atoms with van der Waals surface area (Å²) >= 11 is 5.86. The van der Waals surface area contributed by atoms with Crippen LogP contribution in [0.3, 0.4) is 0 Å². The number of nitrogens with zero attached hydrogens (tertiary/aromatic N) is 2. The minimum Gasteiger partial charge on any atom is -0.497 e. The molecule has 1 heterocycles. The molecule has 3 aromatic rings. The van der Waals surface area contributed by atoms with E-state index in [-0.39, 0.29) is 11.0 Å². The zero-order valence-corrected chi connectivity index (χ0v) is 16.1. The number of hydrogen-bond acceptors (Lipinski definition) is 6. The lowest BCUT2D eigenvalue weighted by atomic mass is 10.2. The molecule has 0 saturated heterocycles. The van der Waals surface area contributed by atoms with Crippen molar-refractivity contribution in [2.24, 2.45) is 0 Å². The number of benzene rings is 2. The number of alkyl halides is 3. The zero-order chi connectivity index (χ0) is 21.0. The molecule has 29 heavy (non-hydrogen) atoms. The number of anilines is 4. The molecular weight excluding hydrogens is 409 g/mol. The van der Waals surface area contributed by atoms with Crippen LogP contribution < -0.4 is 20.1 Å². The third kappa shape index (κ3) is 5.64. The average molecular weight is 425 g/mol. The van der Waals surface area contributed by atoms with E-state index in [1.807, 2.05) is 31.2 Å². The van der Waals surface area contributed by atoms with Gasteiger partial charge in [0.05, 0.1) is 12.1 Å². The van der Waals surface area contributed by atoms with Crippen molar-refractivity contribution in [1.29, 1.82) is 0 Å². The fraction of sp³-hybridized carbons (Fsp3) is 0.158. The number of methoxy groups -OCH3 is 1. The van der Waals surface area contributed by atoms with Gasteiger partial charge in [0.2, 0.25) is 5.95 Å². The summed E-state index contributed by atoms with van der Waals surface area (Å²) in [4.78, 5) is 8.58. The Morgan fingerprint density at radius 3 is 2.48 bits per heavy atom. The van der Waals surface area contributed by atoms with Gasteiger partial charge in [-0.25, -0.2) is 4.98 Å². The highest BCUT2D eigenvalue weighted by atomic mass is 35.5. The highest BCUT2D eigenvalue weighted by Crippen LogP contribution is 2.33. The molecule has 2 N–H and O–H groups in total. The lowest BCUT2D eigenvalue weighted by molar-refractivity contribution is -0.274. The van der Waals surface area contributed by atoms with Crippen LogP contribution in [-0.2, 0) is 0 Å². The molecule has 0 bridgehead atoms. The molecule has 0 unspecified atom stereocenters. The first-order valence-electron chi connectivity index (χ1n) is 8.30. The second-order valence-electron chi connectivity index (χ2n) is 5.90. The van der Waals surface area contributed by atoms with Gasteiger partial charge in [0.25, 0.3) is 0 Å². The maximum absolute atomic E-state index is 12.3. The second kappa shape index (κ2) is 8.44. The van der Waals surface area contributed by atoms with Gasteiger partial charge >= 0.3 is 6.36 Å². The molecule has 2 aromatic carbocycles. The van der Waals surface area contributed by atoms with Crippen LogP contribution in [0.5, 0.6) is 11.5 Å². The van der Waals surface area contributed by atoms with Gasteiger partial charge in [-0.1, -0.05) is 17.7 Å². The molecule has 6 nitrogen and oxygen atoms in total. The van der Waals surface area contributed by atoms with Crippen molar-refractivity contribution in [3.8, 4) is 11.5 Å². The van der Waals surface area contributed by atoms with E-state index >= 15 is 0 Å². The molecule has 1 aromatic heterocycles. The first-order valence-corrected chi connectivity index (χ1v) is 8.68. The molecule has 0 aliphatic heterocycles. The average Bonchev–Trinajstić information content (AvgIpc) is 2.66. The summed E-state index contributed by atoms with van der Waals surface area (Å²) in [5.74, 6) is 0.992. The van der Waals surface area contributed by atoms with E-state index in [1.54, 1.807) is 13.3 Å². The lowest BCUT2D eigenvalue weighted by Gasteiger charge is -2.13. The van der Waals surface area contributed by atoms with Crippen LogP contribution in [-0.4, -0.2) is 23.4 Å². The molecule has 0 atom stereocenters. The standard InChI is InChI=1S/C19H16ClF3N4O2/c1-11-10-24-18(27-17(11)25-12-4-3-5-14(8-12)28-2)26-13-6-7-16(15(20)9-13)29-19(21,22)23/h3-10H,1-2H3,(H2,24,25,26,27). The lowest BCUT2D eigenvalue weighted by Crippen LogP contribution is -2.17. The van der Waals surface area contributed by atoms with Crippen molar-refractivity contribution < 1.29 is 22.6 Å². The first-order chi connectivity index (χ1) is 13.7. The van der Waals surface area contributed by atoms with Gasteiger partial charge in [0, 0.05) is 29.2 Å². The number of ether oxygens (including phenoxy) is 2. The molecule has 0 aliphatic rings. The Kier molecular flexibility index (Phi) is 5.97. The zero-order valence-electron chi connectivity index (χ0n) is 15.3. The largest absolute Gasteiger partial charge is 0.573 e. The number of nitrogens with one attached hydrogen (secondary N) is 2. The van der Waals surface area contributed by atoms with Gasteiger partial charge in [-0.3, -0.25) is 0 Å². The molecule has 0 aliphatic carbocycles. The van der Waals surface area contributed by atoms with Crippen molar-refractivity contribution in [3.63, 3.8) is 0 Å². The monoisotopic (exact) mass is 424 g/mol. The second-order valence-corrected chi connectivity index (χ2v) is 6.31. The van der Waals surface area contributed by atoms with Crippen LogP contribution in [0.25, 0.3) is 0 Å². The Bertz CT molecular complexity index is 1010. The van der Waals surface area contributed by atoms with Crippen molar-refractivity contribution in [1.82, 2.24) is 9.97 Å². The van der Waals surface area contributed by atoms with E-state index in [0.717, 1.165) is 17.3 Å². The molecule has 0 amide bonds. The molecule has 0 radical (unpaired) electrons. The normalized spacial score (nSPS) is 11.1. The van der Waals surface area contributed by atoms with E-state index < -0.39 is 12.1 Å². The molecule has 0 fully saturated rings. The summed E-state index contributed by atoms with van der Waals surface area (Å²) in [6.45, 7) is 1.84. The number of rotatable bonds is 6. The Labute approximate surface area is 169 Å². The maximum Gasteiger partial charge on any atom is 0.573 e. The van der Waals surface area contributed by atoms with Crippen LogP contribution in [0.4, 0.5) is 36.3 Å². The Morgan fingerprint density at radius 2 is 1.79 bits per heavy atom. The van der Waals surface area contributed by atoms with Crippen LogP contribution in [0.15, 0.2) is 48.7 Å². The summed E-state index contributed by atoms with van der Waals surface area (Å²) in [6.07, 6.45) is -3.21. The molecule has 0 saturated carbocycles. The smallest absolute Gasteiger partial charge is 0.497 e. The van der Waals surface area contributed by atoms with E-state index in [0.29, 0.717) is 17.3 Å². The predicted octanol–water partition coefficient (Wildman–Crippen LogP) is 5.83. The third-order valence-electron chi connectivity index (χ3n) is 3.72. The van der Waals surface area contributed by atoms with Crippen LogP contribution in [0.1, 0.15) is 5.56 Å². The van der Waals surface area contributed by atoms with E-state index in [2.05, 4.69) is 25.3 Å². The third-order valence-corrected chi connectivity index (χ3v) is 4.01. The predicted molar refractivity (Wildman–Crippen MR) is 104 cm³/mol. The minimum absolute atomic E-state index is 0.200. The van der Waals surface area contributed by atoms with Gasteiger partial charge in [-0.15, -0.1) is 13.2 Å². The fourth-order valence-electron chi connectivity index (χ4n) is 2.38. The minimum atomic E-state index is -4.82. The Hall–Kier alpha value is -3.20. The van der Waals surface area contributed by atoms with Gasteiger partial charge in [-0.05, 0) is 37.3 Å². The Morgan fingerprint density at radius 1 is 1.03 bits per heavy atom. The summed E-state index contributed by atoms with van der Waals surface area (Å²) in [5.41, 5.74) is 1.97. The molecular formula is C19H16ClF3N4O2. The maximum atomic E-state index is 12.3. The topological polar surface area (TPSA) is 68.3 Å². The van der Waals surface area contributed by atoms with Gasteiger partial charge in [0.1, 0.15) is 17.3 Å². The van der Waals surface area contributed by atoms with Crippen LogP contribution >= 0.6 is 11.6 Å².